The minimum absolute atomic E-state index is 0.0419. The SMILES string of the molecule is CC1(C)C(/C=C/C2=C(OC3CCC(SC#N)CC3)C(=C/C=C3/N(CCCOOO[S-])C4CCC5CCCCC5C4C3(C)C)/CCC2)=[N+](CCCOOO[S-])C2CCC3CCCCC3C21. The minimum atomic E-state index is 0.0419. The Hall–Kier alpha value is -1.47. The Kier molecular flexibility index (Phi) is 17.4. The first-order chi connectivity index (χ1) is 31.2. The Labute approximate surface area is 400 Å². The molecule has 8 unspecified atom stereocenters. The zero-order valence-corrected chi connectivity index (χ0v) is 41.6. The molecule has 0 amide bonds. The Morgan fingerprint density at radius 3 is 2.11 bits per heavy atom. The molecule has 64 heavy (non-hydrogen) atoms. The summed E-state index contributed by atoms with van der Waals surface area (Å²) in [5, 5.41) is 21.4. The molecule has 1 saturated heterocycles. The van der Waals surface area contributed by atoms with E-state index in [9.17, 15) is 5.26 Å². The zero-order valence-electron chi connectivity index (χ0n) is 39.2. The van der Waals surface area contributed by atoms with Gasteiger partial charge in [-0.25, -0.2) is 14.4 Å². The summed E-state index contributed by atoms with van der Waals surface area (Å²) in [5.74, 6) is 5.64. The van der Waals surface area contributed by atoms with Crippen LogP contribution in [0.25, 0.3) is 0 Å². The van der Waals surface area contributed by atoms with Gasteiger partial charge in [0, 0.05) is 53.8 Å². The number of thiocyanates is 1. The second kappa shape index (κ2) is 22.8. The molecule has 2 aliphatic heterocycles. The molecule has 0 aromatic heterocycles. The van der Waals surface area contributed by atoms with Crippen molar-refractivity contribution in [2.75, 3.05) is 26.3 Å². The van der Waals surface area contributed by atoms with Gasteiger partial charge in [0.25, 0.3) is 0 Å². The van der Waals surface area contributed by atoms with Gasteiger partial charge in [0.2, 0.25) is 0 Å². The van der Waals surface area contributed by atoms with E-state index < -0.39 is 0 Å². The fourth-order valence-corrected chi connectivity index (χ4v) is 15.9. The number of nitrogens with zero attached hydrogens (tertiary/aromatic N) is 3. The number of hydrogen-bond acceptors (Lipinski definition) is 12. The van der Waals surface area contributed by atoms with E-state index in [1.54, 1.807) is 0 Å². The van der Waals surface area contributed by atoms with E-state index in [-0.39, 0.29) is 16.9 Å². The molecule has 5 saturated carbocycles. The van der Waals surface area contributed by atoms with Crippen LogP contribution in [0.5, 0.6) is 0 Å². The van der Waals surface area contributed by atoms with Gasteiger partial charge < -0.3 is 44.1 Å². The standard InChI is InChI=1S/C51H77N3O7S3/c1-50(2)45(53(30-10-32-55-58-60-62)43-26-18-35-12-5-7-16-41(35)47(43)50)28-20-37-14-9-15-38(49(37)57-39-22-24-40(25-23-39)64-34-52)21-29-46-51(3,4)48-42-17-8-6-13-36(42)19-27-44(48)54(46)31-11-33-56-59-61-63/h20-21,28-29,35-36,39-44,47-48H,5-19,22-27,30-33H2,1-4H3,(H-,62,63)/p-1. The molecule has 6 aliphatic carbocycles. The maximum absolute atomic E-state index is 9.44. The van der Waals surface area contributed by atoms with Gasteiger partial charge in [-0.2, -0.15) is 5.26 Å². The average molecular weight is 939 g/mol. The largest absolute Gasteiger partial charge is 0.579 e. The minimum Gasteiger partial charge on any atom is -0.579 e. The summed E-state index contributed by atoms with van der Waals surface area (Å²) >= 11 is 10.4. The Morgan fingerprint density at radius 1 is 0.734 bits per heavy atom. The highest BCUT2D eigenvalue weighted by Gasteiger charge is 2.60. The van der Waals surface area contributed by atoms with Crippen molar-refractivity contribution < 1.29 is 37.8 Å². The van der Waals surface area contributed by atoms with Crippen LogP contribution in [0.1, 0.15) is 163 Å². The molecule has 0 aromatic rings. The van der Waals surface area contributed by atoms with Crippen molar-refractivity contribution in [1.82, 2.24) is 4.90 Å². The second-order valence-electron chi connectivity index (χ2n) is 21.6. The van der Waals surface area contributed by atoms with Crippen LogP contribution in [0.4, 0.5) is 0 Å². The van der Waals surface area contributed by atoms with Crippen LogP contribution in [0.3, 0.4) is 0 Å². The number of thioether (sulfide) groups is 1. The fourth-order valence-electron chi connectivity index (χ4n) is 15.1. The van der Waals surface area contributed by atoms with E-state index in [0.717, 1.165) is 100 Å². The Bertz CT molecular complexity index is 1780. The molecule has 13 heteroatoms. The van der Waals surface area contributed by atoms with Crippen molar-refractivity contribution in [2.24, 2.45) is 46.3 Å². The smallest absolute Gasteiger partial charge is 0.182 e. The number of nitriles is 1. The third-order valence-electron chi connectivity index (χ3n) is 17.7. The van der Waals surface area contributed by atoms with E-state index in [4.69, 9.17) is 14.5 Å². The summed E-state index contributed by atoms with van der Waals surface area (Å²) in [6, 6.07) is 1.06. The Morgan fingerprint density at radius 2 is 1.41 bits per heavy atom. The lowest BCUT2D eigenvalue weighted by Crippen LogP contribution is -2.46. The van der Waals surface area contributed by atoms with E-state index in [1.165, 1.54) is 111 Å². The highest BCUT2D eigenvalue weighted by molar-refractivity contribution is 8.04. The molecule has 10 nitrogen and oxygen atoms in total. The zero-order chi connectivity index (χ0) is 44.7. The number of rotatable bonds is 18. The predicted molar refractivity (Wildman–Crippen MR) is 255 cm³/mol. The van der Waals surface area contributed by atoms with Crippen molar-refractivity contribution in [3.05, 3.63) is 46.9 Å². The van der Waals surface area contributed by atoms with Crippen LogP contribution in [-0.2, 0) is 59.1 Å². The topological polar surface area (TPSA) is 94.7 Å². The third kappa shape index (κ3) is 10.7. The summed E-state index contributed by atoms with van der Waals surface area (Å²) < 4.78 is 18.7. The number of fused-ring (bicyclic) bond motifs is 6. The second-order valence-corrected chi connectivity index (χ2v) is 23.0. The summed E-state index contributed by atoms with van der Waals surface area (Å²) in [6.07, 6.45) is 35.0. The van der Waals surface area contributed by atoms with Crippen LogP contribution in [0.2, 0.25) is 0 Å². The molecule has 0 N–H and O–H groups in total. The van der Waals surface area contributed by atoms with Gasteiger partial charge in [-0.1, -0.05) is 68.5 Å². The van der Waals surface area contributed by atoms with E-state index in [1.807, 2.05) is 0 Å². The molecule has 0 radical (unpaired) electrons. The van der Waals surface area contributed by atoms with Crippen LogP contribution in [0, 0.1) is 57.0 Å². The lowest BCUT2D eigenvalue weighted by Gasteiger charge is -2.47. The fraction of sp³-hybridized carbons (Fsp3) is 0.804. The lowest BCUT2D eigenvalue weighted by molar-refractivity contribution is -0.571. The van der Waals surface area contributed by atoms with Gasteiger partial charge in [-0.15, -0.1) is 0 Å². The van der Waals surface area contributed by atoms with Crippen molar-refractivity contribution in [2.45, 2.75) is 186 Å². The maximum atomic E-state index is 9.44. The van der Waals surface area contributed by atoms with E-state index in [0.29, 0.717) is 42.4 Å². The van der Waals surface area contributed by atoms with Crippen LogP contribution in [-0.4, -0.2) is 64.9 Å². The van der Waals surface area contributed by atoms with Crippen molar-refractivity contribution in [3.63, 3.8) is 0 Å². The van der Waals surface area contributed by atoms with Gasteiger partial charge in [-0.3, -0.25) is 0 Å². The highest BCUT2D eigenvalue weighted by Crippen LogP contribution is 2.60. The van der Waals surface area contributed by atoms with Crippen molar-refractivity contribution in [3.8, 4) is 5.40 Å². The predicted octanol–water partition coefficient (Wildman–Crippen LogP) is 11.8. The van der Waals surface area contributed by atoms with E-state index >= 15 is 0 Å². The number of hydrogen-bond donors (Lipinski definition) is 0. The molecule has 8 aliphatic rings. The average Bonchev–Trinajstić information content (AvgIpc) is 3.66. The first-order valence-corrected chi connectivity index (χ1v) is 26.8. The van der Waals surface area contributed by atoms with Gasteiger partial charge in [0.15, 0.2) is 11.8 Å². The monoisotopic (exact) mass is 938 g/mol. The molecule has 2 heterocycles. The number of ether oxygens (including phenoxy) is 1. The van der Waals surface area contributed by atoms with Gasteiger partial charge in [0.1, 0.15) is 17.7 Å². The maximum Gasteiger partial charge on any atom is 0.182 e. The van der Waals surface area contributed by atoms with Gasteiger partial charge >= 0.3 is 0 Å². The molecule has 356 valence electrons. The molecular formula is C51H76N3O7S3-. The third-order valence-corrected chi connectivity index (χ3v) is 18.7. The molecular weight excluding hydrogens is 863 g/mol. The van der Waals surface area contributed by atoms with Crippen molar-refractivity contribution in [1.29, 1.82) is 5.26 Å². The molecule has 0 spiro atoms. The summed E-state index contributed by atoms with van der Waals surface area (Å²) in [5.41, 5.74) is 5.63. The quantitative estimate of drug-likeness (QED) is 0.0327. The van der Waals surface area contributed by atoms with Crippen molar-refractivity contribution >= 4 is 43.3 Å². The summed E-state index contributed by atoms with van der Waals surface area (Å²) in [4.78, 5) is 13.2. The molecule has 8 atom stereocenters. The number of likely N-dealkylation sites (tertiary alicyclic amines) is 1. The van der Waals surface area contributed by atoms with Crippen LogP contribution >= 0.6 is 11.8 Å². The first-order valence-electron chi connectivity index (χ1n) is 25.3. The Balaban J connectivity index is 1.14. The van der Waals surface area contributed by atoms with Gasteiger partial charge in [0.05, 0.1) is 24.7 Å². The lowest BCUT2D eigenvalue weighted by atomic mass is 9.57. The van der Waals surface area contributed by atoms with Gasteiger partial charge in [-0.05, 0) is 162 Å². The van der Waals surface area contributed by atoms with Crippen LogP contribution in [0.15, 0.2) is 46.9 Å². The molecule has 6 fully saturated rings. The van der Waals surface area contributed by atoms with E-state index in [2.05, 4.69) is 111 Å². The molecule has 0 aromatic carbocycles. The summed E-state index contributed by atoms with van der Waals surface area (Å²) in [6.45, 7) is 12.8. The normalized spacial score (nSPS) is 36.0. The summed E-state index contributed by atoms with van der Waals surface area (Å²) in [7, 11) is 0. The van der Waals surface area contributed by atoms with Crippen LogP contribution < -0.4 is 0 Å². The first kappa shape index (κ1) is 49.0. The molecule has 0 bridgehead atoms. The molecule has 8 rings (SSSR count). The highest BCUT2D eigenvalue weighted by atomic mass is 32.2. The number of allylic oxidation sites excluding steroid dienone is 7.